The number of aromatic amines is 1. The van der Waals surface area contributed by atoms with E-state index in [0.29, 0.717) is 26.2 Å². The number of nitrogens with one attached hydrogen (secondary N) is 2. The number of hydrogen-bond acceptors (Lipinski definition) is 5. The zero-order chi connectivity index (χ0) is 22.8. The molecule has 2 unspecified atom stereocenters. The van der Waals surface area contributed by atoms with Crippen LogP contribution in [0.15, 0.2) is 64.7 Å². The Labute approximate surface area is 198 Å². The summed E-state index contributed by atoms with van der Waals surface area (Å²) in [6, 6.07) is 14.2. The summed E-state index contributed by atoms with van der Waals surface area (Å²) in [5.41, 5.74) is 1.67. The van der Waals surface area contributed by atoms with Crippen LogP contribution in [0.2, 0.25) is 10.0 Å². The molecule has 2 N–H and O–H groups in total. The second-order valence-corrected chi connectivity index (χ2v) is 9.33. The number of benzene rings is 2. The van der Waals surface area contributed by atoms with Gasteiger partial charge >= 0.3 is 0 Å². The minimum absolute atomic E-state index is 0.215. The van der Waals surface area contributed by atoms with Gasteiger partial charge in [-0.3, -0.25) is 9.59 Å². The number of amides is 1. The predicted molar refractivity (Wildman–Crippen MR) is 128 cm³/mol. The normalized spacial score (nSPS) is 13.1. The van der Waals surface area contributed by atoms with Gasteiger partial charge in [-0.1, -0.05) is 59.2 Å². The molecule has 4 aromatic rings. The zero-order valence-electron chi connectivity index (χ0n) is 17.2. The van der Waals surface area contributed by atoms with E-state index < -0.39 is 5.25 Å². The Bertz CT molecular complexity index is 1340. The lowest BCUT2D eigenvalue weighted by molar-refractivity contribution is -0.120. The smallest absolute Gasteiger partial charge is 0.262 e. The summed E-state index contributed by atoms with van der Waals surface area (Å²) in [6.07, 6.45) is 1.48. The summed E-state index contributed by atoms with van der Waals surface area (Å²) in [6.45, 7) is 3.59. The maximum absolute atomic E-state index is 12.8. The van der Waals surface area contributed by atoms with E-state index in [4.69, 9.17) is 23.2 Å². The molecule has 0 spiro atoms. The number of fused-ring (bicyclic) bond motifs is 1. The van der Waals surface area contributed by atoms with Gasteiger partial charge in [-0.2, -0.15) is 5.10 Å². The van der Waals surface area contributed by atoms with Crippen molar-refractivity contribution in [1.82, 2.24) is 25.1 Å². The van der Waals surface area contributed by atoms with Crippen LogP contribution in [-0.2, 0) is 4.79 Å². The summed E-state index contributed by atoms with van der Waals surface area (Å²) < 4.78 is 1.60. The summed E-state index contributed by atoms with van der Waals surface area (Å²) in [4.78, 5) is 32.6. The van der Waals surface area contributed by atoms with E-state index in [1.54, 1.807) is 29.8 Å². The number of nitrogens with zero attached hydrogens (tertiary/aromatic N) is 3. The van der Waals surface area contributed by atoms with Crippen molar-refractivity contribution < 1.29 is 4.79 Å². The van der Waals surface area contributed by atoms with E-state index in [-0.39, 0.29) is 17.5 Å². The molecule has 0 saturated carbocycles. The van der Waals surface area contributed by atoms with Gasteiger partial charge < -0.3 is 10.3 Å². The zero-order valence-corrected chi connectivity index (χ0v) is 19.5. The summed E-state index contributed by atoms with van der Waals surface area (Å²) in [5.74, 6) is -0.215. The van der Waals surface area contributed by atoms with Crippen molar-refractivity contribution in [3.05, 3.63) is 80.7 Å². The van der Waals surface area contributed by atoms with Gasteiger partial charge in [0.2, 0.25) is 5.91 Å². The number of para-hydroxylation sites is 1. The van der Waals surface area contributed by atoms with Crippen LogP contribution in [-0.4, -0.2) is 30.9 Å². The highest BCUT2D eigenvalue weighted by molar-refractivity contribution is 8.00. The van der Waals surface area contributed by atoms with Crippen LogP contribution in [0.5, 0.6) is 0 Å². The first kappa shape index (κ1) is 22.4. The Kier molecular flexibility index (Phi) is 6.55. The van der Waals surface area contributed by atoms with E-state index in [1.165, 1.54) is 6.20 Å². The number of aromatic nitrogens is 4. The van der Waals surface area contributed by atoms with Crippen LogP contribution in [0.25, 0.3) is 16.7 Å². The van der Waals surface area contributed by atoms with Gasteiger partial charge in [-0.25, -0.2) is 9.67 Å². The lowest BCUT2D eigenvalue weighted by Crippen LogP contribution is -2.33. The van der Waals surface area contributed by atoms with Crippen LogP contribution < -0.4 is 10.9 Å². The van der Waals surface area contributed by atoms with Crippen molar-refractivity contribution >= 4 is 51.9 Å². The molecule has 0 aliphatic carbocycles. The van der Waals surface area contributed by atoms with Gasteiger partial charge in [-0.05, 0) is 43.7 Å². The summed E-state index contributed by atoms with van der Waals surface area (Å²) in [7, 11) is 0. The Morgan fingerprint density at radius 2 is 1.91 bits per heavy atom. The van der Waals surface area contributed by atoms with E-state index >= 15 is 0 Å². The van der Waals surface area contributed by atoms with E-state index in [0.717, 1.165) is 23.0 Å². The Balaban J connectivity index is 1.53. The molecule has 0 aliphatic rings. The molecular weight excluding hydrogens is 469 g/mol. The van der Waals surface area contributed by atoms with E-state index in [9.17, 15) is 9.59 Å². The molecule has 4 rings (SSSR count). The average molecular weight is 488 g/mol. The third-order valence-electron chi connectivity index (χ3n) is 4.86. The topological polar surface area (TPSA) is 92.7 Å². The Morgan fingerprint density at radius 1 is 1.16 bits per heavy atom. The molecule has 0 aliphatic heterocycles. The van der Waals surface area contributed by atoms with Gasteiger partial charge in [0.25, 0.3) is 5.56 Å². The van der Waals surface area contributed by atoms with Crippen molar-refractivity contribution in [2.75, 3.05) is 0 Å². The third-order valence-corrected chi connectivity index (χ3v) is 6.41. The van der Waals surface area contributed by atoms with Crippen molar-refractivity contribution in [3.63, 3.8) is 0 Å². The maximum Gasteiger partial charge on any atom is 0.262 e. The molecule has 0 radical (unpaired) electrons. The van der Waals surface area contributed by atoms with Gasteiger partial charge in [-0.15, -0.1) is 0 Å². The molecule has 2 aromatic heterocycles. The van der Waals surface area contributed by atoms with Crippen molar-refractivity contribution in [3.8, 4) is 5.69 Å². The molecule has 2 heterocycles. The highest BCUT2D eigenvalue weighted by Crippen LogP contribution is 2.27. The summed E-state index contributed by atoms with van der Waals surface area (Å²) >= 11 is 13.4. The van der Waals surface area contributed by atoms with Crippen LogP contribution >= 0.6 is 35.0 Å². The number of rotatable bonds is 6. The molecule has 7 nitrogen and oxygen atoms in total. The molecule has 2 atom stereocenters. The molecule has 10 heteroatoms. The lowest BCUT2D eigenvalue weighted by atomic mass is 10.1. The van der Waals surface area contributed by atoms with Gasteiger partial charge in [0.05, 0.1) is 23.2 Å². The highest BCUT2D eigenvalue weighted by atomic mass is 35.5. The van der Waals surface area contributed by atoms with Crippen LogP contribution in [0.1, 0.15) is 25.5 Å². The molecule has 0 bridgehead atoms. The van der Waals surface area contributed by atoms with Crippen LogP contribution in [0.4, 0.5) is 0 Å². The Hall–Kier alpha value is -2.81. The number of carbonyl (C=O) groups excluding carboxylic acids is 1. The molecule has 164 valence electrons. The fourth-order valence-electron chi connectivity index (χ4n) is 3.19. The van der Waals surface area contributed by atoms with Crippen molar-refractivity contribution in [2.24, 2.45) is 0 Å². The van der Waals surface area contributed by atoms with Crippen LogP contribution in [0, 0.1) is 0 Å². The first-order valence-electron chi connectivity index (χ1n) is 9.79. The fraction of sp³-hybridized carbons (Fsp3) is 0.182. The number of halogens is 2. The van der Waals surface area contributed by atoms with E-state index in [2.05, 4.69) is 20.4 Å². The van der Waals surface area contributed by atoms with Crippen molar-refractivity contribution in [2.45, 2.75) is 30.3 Å². The van der Waals surface area contributed by atoms with Crippen LogP contribution in [0.3, 0.4) is 0 Å². The molecule has 1 amide bonds. The second-order valence-electron chi connectivity index (χ2n) is 7.16. The fourth-order valence-corrected chi connectivity index (χ4v) is 4.57. The number of H-pyrrole nitrogens is 1. The number of thioether (sulfide) groups is 1. The minimum Gasteiger partial charge on any atom is -0.349 e. The first-order chi connectivity index (χ1) is 15.3. The molecular formula is C22H19Cl2N5O2S. The van der Waals surface area contributed by atoms with Crippen molar-refractivity contribution in [1.29, 1.82) is 0 Å². The summed E-state index contributed by atoms with van der Waals surface area (Å²) in [5, 5.41) is 8.43. The molecule has 0 saturated heterocycles. The first-order valence-corrected chi connectivity index (χ1v) is 11.4. The SMILES string of the molecule is CC(Sc1nc2c(cnn2-c2ccccc2)c(=O)[nH]1)C(=O)NC(C)c1ccc(Cl)cc1Cl. The predicted octanol–water partition coefficient (Wildman–Crippen LogP) is 4.77. The molecule has 2 aromatic carbocycles. The largest absolute Gasteiger partial charge is 0.349 e. The number of carbonyl (C=O) groups is 1. The lowest BCUT2D eigenvalue weighted by Gasteiger charge is -2.18. The quantitative estimate of drug-likeness (QED) is 0.301. The van der Waals surface area contributed by atoms with Gasteiger partial charge in [0, 0.05) is 10.0 Å². The minimum atomic E-state index is -0.516. The second kappa shape index (κ2) is 9.36. The van der Waals surface area contributed by atoms with E-state index in [1.807, 2.05) is 37.3 Å². The van der Waals surface area contributed by atoms with Gasteiger partial charge in [0.15, 0.2) is 10.8 Å². The molecule has 32 heavy (non-hydrogen) atoms. The highest BCUT2D eigenvalue weighted by Gasteiger charge is 2.21. The third kappa shape index (κ3) is 4.67. The number of hydrogen-bond donors (Lipinski definition) is 2. The monoisotopic (exact) mass is 487 g/mol. The maximum atomic E-state index is 12.8. The molecule has 0 fully saturated rings. The Morgan fingerprint density at radius 3 is 2.62 bits per heavy atom. The average Bonchev–Trinajstić information content (AvgIpc) is 3.18. The standard InChI is InChI=1S/C22H19Cl2N5O2S/c1-12(16-9-8-14(23)10-18(16)24)26-20(30)13(2)32-22-27-19-17(21(31)28-22)11-25-29(19)15-6-4-3-5-7-15/h3-13H,1-2H3,(H,26,30)(H,27,28,31). The van der Waals surface area contributed by atoms with Gasteiger partial charge in [0.1, 0.15) is 5.39 Å².